The van der Waals surface area contributed by atoms with Gasteiger partial charge >= 0.3 is 0 Å². The number of hydrogen-bond donors (Lipinski definition) is 2. The fourth-order valence-electron chi connectivity index (χ4n) is 1.53. The van der Waals surface area contributed by atoms with Crippen LogP contribution in [0, 0.1) is 16.0 Å². The molecule has 0 aromatic heterocycles. The SMILES string of the molecule is CC(C)CNC(=O)CNCc1ccccc1[N+](=O)[O-]. The highest BCUT2D eigenvalue weighted by molar-refractivity contribution is 5.77. The van der Waals surface area contributed by atoms with Crippen LogP contribution in [0.5, 0.6) is 0 Å². The minimum absolute atomic E-state index is 0.0672. The van der Waals surface area contributed by atoms with Crippen LogP contribution in [0.25, 0.3) is 0 Å². The Kier molecular flexibility index (Phi) is 5.95. The molecule has 0 radical (unpaired) electrons. The van der Waals surface area contributed by atoms with Crippen LogP contribution in [0.15, 0.2) is 24.3 Å². The standard InChI is InChI=1S/C13H19N3O3/c1-10(2)7-15-13(17)9-14-8-11-5-3-4-6-12(11)16(18)19/h3-6,10,14H,7-9H2,1-2H3,(H,15,17). The number of carbonyl (C=O) groups is 1. The van der Waals surface area contributed by atoms with Crippen molar-refractivity contribution in [1.82, 2.24) is 10.6 Å². The van der Waals surface area contributed by atoms with Crippen LogP contribution in [-0.4, -0.2) is 23.9 Å². The molecule has 2 N–H and O–H groups in total. The van der Waals surface area contributed by atoms with Crippen LogP contribution in [0.1, 0.15) is 19.4 Å². The van der Waals surface area contributed by atoms with E-state index < -0.39 is 4.92 Å². The van der Waals surface area contributed by atoms with E-state index in [1.54, 1.807) is 18.2 Å². The van der Waals surface area contributed by atoms with Gasteiger partial charge in [-0.3, -0.25) is 14.9 Å². The number of amides is 1. The Balaban J connectivity index is 2.41. The van der Waals surface area contributed by atoms with Gasteiger partial charge in [0.25, 0.3) is 5.69 Å². The van der Waals surface area contributed by atoms with Gasteiger partial charge in [0.15, 0.2) is 0 Å². The number of carbonyl (C=O) groups excluding carboxylic acids is 1. The Hall–Kier alpha value is -1.95. The normalized spacial score (nSPS) is 10.5. The van der Waals surface area contributed by atoms with E-state index in [4.69, 9.17) is 0 Å². The topological polar surface area (TPSA) is 84.3 Å². The number of nitrogens with one attached hydrogen (secondary N) is 2. The van der Waals surface area contributed by atoms with Gasteiger partial charge in [0, 0.05) is 24.7 Å². The highest BCUT2D eigenvalue weighted by Crippen LogP contribution is 2.16. The van der Waals surface area contributed by atoms with E-state index in [1.165, 1.54) is 6.07 Å². The summed E-state index contributed by atoms with van der Waals surface area (Å²) in [6.07, 6.45) is 0. The lowest BCUT2D eigenvalue weighted by molar-refractivity contribution is -0.385. The molecule has 0 aliphatic rings. The fraction of sp³-hybridized carbons (Fsp3) is 0.462. The molecule has 1 aromatic carbocycles. The molecular formula is C13H19N3O3. The van der Waals surface area contributed by atoms with Crippen molar-refractivity contribution < 1.29 is 9.72 Å². The molecule has 0 bridgehead atoms. The first kappa shape index (κ1) is 15.1. The zero-order valence-corrected chi connectivity index (χ0v) is 11.2. The summed E-state index contributed by atoms with van der Waals surface area (Å²) >= 11 is 0. The first-order valence-electron chi connectivity index (χ1n) is 6.20. The van der Waals surface area contributed by atoms with E-state index in [1.807, 2.05) is 13.8 Å². The first-order valence-corrected chi connectivity index (χ1v) is 6.20. The number of hydrogen-bond acceptors (Lipinski definition) is 4. The van der Waals surface area contributed by atoms with E-state index in [0.29, 0.717) is 24.6 Å². The second kappa shape index (κ2) is 7.48. The summed E-state index contributed by atoms with van der Waals surface area (Å²) in [5.74, 6) is 0.298. The van der Waals surface area contributed by atoms with Gasteiger partial charge in [-0.15, -0.1) is 0 Å². The number of nitrogens with zero attached hydrogens (tertiary/aromatic N) is 1. The van der Waals surface area contributed by atoms with Crippen molar-refractivity contribution in [2.75, 3.05) is 13.1 Å². The maximum atomic E-state index is 11.4. The zero-order chi connectivity index (χ0) is 14.3. The van der Waals surface area contributed by atoms with Crippen LogP contribution < -0.4 is 10.6 Å². The molecule has 0 unspecified atom stereocenters. The smallest absolute Gasteiger partial charge is 0.273 e. The second-order valence-corrected chi connectivity index (χ2v) is 4.69. The monoisotopic (exact) mass is 265 g/mol. The van der Waals surface area contributed by atoms with Crippen molar-refractivity contribution in [3.8, 4) is 0 Å². The van der Waals surface area contributed by atoms with Gasteiger partial charge in [-0.05, 0) is 5.92 Å². The summed E-state index contributed by atoms with van der Waals surface area (Å²) in [7, 11) is 0. The predicted molar refractivity (Wildman–Crippen MR) is 72.7 cm³/mol. The third-order valence-electron chi connectivity index (χ3n) is 2.50. The Labute approximate surface area is 112 Å². The maximum absolute atomic E-state index is 11.4. The molecule has 104 valence electrons. The van der Waals surface area contributed by atoms with Crippen molar-refractivity contribution in [1.29, 1.82) is 0 Å². The van der Waals surface area contributed by atoms with Crippen molar-refractivity contribution in [3.63, 3.8) is 0 Å². The summed E-state index contributed by atoms with van der Waals surface area (Å²) in [6.45, 7) is 5.11. The average Bonchev–Trinajstić information content (AvgIpc) is 2.36. The molecule has 0 saturated heterocycles. The van der Waals surface area contributed by atoms with E-state index in [9.17, 15) is 14.9 Å². The minimum Gasteiger partial charge on any atom is -0.355 e. The van der Waals surface area contributed by atoms with Gasteiger partial charge in [0.05, 0.1) is 11.5 Å². The Morgan fingerprint density at radius 3 is 2.68 bits per heavy atom. The summed E-state index contributed by atoms with van der Waals surface area (Å²) < 4.78 is 0. The van der Waals surface area contributed by atoms with Crippen LogP contribution in [0.4, 0.5) is 5.69 Å². The largest absolute Gasteiger partial charge is 0.355 e. The quantitative estimate of drug-likeness (QED) is 0.577. The molecule has 0 heterocycles. The van der Waals surface area contributed by atoms with Gasteiger partial charge < -0.3 is 10.6 Å². The molecule has 1 rings (SSSR count). The Bertz CT molecular complexity index is 447. The lowest BCUT2D eigenvalue weighted by atomic mass is 10.2. The molecule has 0 spiro atoms. The third-order valence-corrected chi connectivity index (χ3v) is 2.50. The Morgan fingerprint density at radius 1 is 1.37 bits per heavy atom. The maximum Gasteiger partial charge on any atom is 0.273 e. The molecule has 6 heteroatoms. The lowest BCUT2D eigenvalue weighted by Crippen LogP contribution is -2.35. The highest BCUT2D eigenvalue weighted by Gasteiger charge is 2.11. The zero-order valence-electron chi connectivity index (χ0n) is 11.2. The molecule has 0 saturated carbocycles. The first-order chi connectivity index (χ1) is 9.00. The predicted octanol–water partition coefficient (Wildman–Crippen LogP) is 1.46. The summed E-state index contributed by atoms with van der Waals surface area (Å²) in [5, 5.41) is 16.5. The summed E-state index contributed by atoms with van der Waals surface area (Å²) in [6, 6.07) is 6.49. The van der Waals surface area contributed by atoms with Gasteiger partial charge in [-0.2, -0.15) is 0 Å². The number of benzene rings is 1. The molecule has 6 nitrogen and oxygen atoms in total. The van der Waals surface area contributed by atoms with Crippen LogP contribution in [0.2, 0.25) is 0 Å². The molecule has 1 aromatic rings. The van der Waals surface area contributed by atoms with Crippen LogP contribution in [0.3, 0.4) is 0 Å². The van der Waals surface area contributed by atoms with E-state index in [0.717, 1.165) is 0 Å². The summed E-state index contributed by atoms with van der Waals surface area (Å²) in [5.41, 5.74) is 0.641. The highest BCUT2D eigenvalue weighted by atomic mass is 16.6. The molecular weight excluding hydrogens is 246 g/mol. The lowest BCUT2D eigenvalue weighted by Gasteiger charge is -2.08. The van der Waals surface area contributed by atoms with Crippen molar-refractivity contribution in [2.45, 2.75) is 20.4 Å². The number of para-hydroxylation sites is 1. The van der Waals surface area contributed by atoms with E-state index in [2.05, 4.69) is 10.6 Å². The number of rotatable bonds is 7. The Morgan fingerprint density at radius 2 is 2.05 bits per heavy atom. The van der Waals surface area contributed by atoms with Crippen molar-refractivity contribution in [3.05, 3.63) is 39.9 Å². The van der Waals surface area contributed by atoms with E-state index >= 15 is 0 Å². The molecule has 0 fully saturated rings. The fourth-order valence-corrected chi connectivity index (χ4v) is 1.53. The van der Waals surface area contributed by atoms with Gasteiger partial charge in [-0.25, -0.2) is 0 Å². The van der Waals surface area contributed by atoms with Gasteiger partial charge in [-0.1, -0.05) is 32.0 Å². The minimum atomic E-state index is -0.421. The van der Waals surface area contributed by atoms with Crippen LogP contribution >= 0.6 is 0 Å². The second-order valence-electron chi connectivity index (χ2n) is 4.69. The molecule has 1 amide bonds. The van der Waals surface area contributed by atoms with Crippen molar-refractivity contribution >= 4 is 11.6 Å². The molecule has 19 heavy (non-hydrogen) atoms. The number of nitro groups is 1. The van der Waals surface area contributed by atoms with Crippen molar-refractivity contribution in [2.24, 2.45) is 5.92 Å². The molecule has 0 aliphatic carbocycles. The summed E-state index contributed by atoms with van der Waals surface area (Å²) in [4.78, 5) is 21.8. The third kappa shape index (κ3) is 5.48. The number of nitro benzene ring substituents is 1. The van der Waals surface area contributed by atoms with Crippen LogP contribution in [-0.2, 0) is 11.3 Å². The van der Waals surface area contributed by atoms with E-state index in [-0.39, 0.29) is 18.1 Å². The molecule has 0 atom stereocenters. The van der Waals surface area contributed by atoms with Gasteiger partial charge in [0.2, 0.25) is 5.91 Å². The average molecular weight is 265 g/mol. The van der Waals surface area contributed by atoms with Gasteiger partial charge in [0.1, 0.15) is 0 Å². The molecule has 0 aliphatic heterocycles.